The van der Waals surface area contributed by atoms with Crippen molar-refractivity contribution in [3.05, 3.63) is 11.3 Å². The van der Waals surface area contributed by atoms with Crippen molar-refractivity contribution in [3.63, 3.8) is 0 Å². The molecule has 1 fully saturated rings. The Kier molecular flexibility index (Phi) is 4.15. The van der Waals surface area contributed by atoms with E-state index in [1.807, 2.05) is 18.7 Å². The standard InChI is InChI=1S/C9H14N2O2.C2H6/c1-6-8(10)2-3-11(9(6)12)4-7-5-13-7;1-2/h7H,2-5,10H2,1H3;1-2H3. The number of hydrogen-bond acceptors (Lipinski definition) is 3. The van der Waals surface area contributed by atoms with E-state index in [9.17, 15) is 4.79 Å². The van der Waals surface area contributed by atoms with Gasteiger partial charge in [-0.25, -0.2) is 0 Å². The molecule has 2 aliphatic rings. The Balaban J connectivity index is 0.000000531. The van der Waals surface area contributed by atoms with E-state index in [1.54, 1.807) is 6.92 Å². The Morgan fingerprint density at radius 2 is 2.13 bits per heavy atom. The number of rotatable bonds is 2. The zero-order chi connectivity index (χ0) is 11.4. The summed E-state index contributed by atoms with van der Waals surface area (Å²) in [4.78, 5) is 13.5. The van der Waals surface area contributed by atoms with Crippen LogP contribution in [-0.2, 0) is 9.53 Å². The third-order valence-corrected chi connectivity index (χ3v) is 2.57. The van der Waals surface area contributed by atoms with Crippen LogP contribution in [0.4, 0.5) is 0 Å². The van der Waals surface area contributed by atoms with Crippen LogP contribution in [0.2, 0.25) is 0 Å². The number of ether oxygens (including phenoxy) is 1. The number of nitrogens with two attached hydrogens (primary N) is 1. The molecule has 4 heteroatoms. The molecule has 2 N–H and O–H groups in total. The Morgan fingerprint density at radius 3 is 2.67 bits per heavy atom. The summed E-state index contributed by atoms with van der Waals surface area (Å²) in [7, 11) is 0. The van der Waals surface area contributed by atoms with E-state index in [1.165, 1.54) is 0 Å². The number of carbonyl (C=O) groups excluding carboxylic acids is 1. The van der Waals surface area contributed by atoms with Crippen molar-refractivity contribution in [1.29, 1.82) is 0 Å². The van der Waals surface area contributed by atoms with Crippen molar-refractivity contribution in [2.45, 2.75) is 33.3 Å². The maximum absolute atomic E-state index is 11.6. The second-order valence-corrected chi connectivity index (χ2v) is 3.61. The van der Waals surface area contributed by atoms with Crippen molar-refractivity contribution < 1.29 is 9.53 Å². The van der Waals surface area contributed by atoms with Gasteiger partial charge >= 0.3 is 0 Å². The second-order valence-electron chi connectivity index (χ2n) is 3.61. The predicted molar refractivity (Wildman–Crippen MR) is 59.2 cm³/mol. The van der Waals surface area contributed by atoms with Crippen LogP contribution in [0, 0.1) is 0 Å². The lowest BCUT2D eigenvalue weighted by Crippen LogP contribution is -2.40. The molecule has 0 aromatic carbocycles. The molecule has 15 heavy (non-hydrogen) atoms. The Labute approximate surface area is 91.1 Å². The summed E-state index contributed by atoms with van der Waals surface area (Å²) in [6, 6.07) is 0. The molecule has 0 bridgehead atoms. The maximum atomic E-state index is 11.6. The first-order chi connectivity index (χ1) is 7.18. The molecule has 0 aliphatic carbocycles. The quantitative estimate of drug-likeness (QED) is 0.691. The van der Waals surface area contributed by atoms with E-state index in [4.69, 9.17) is 10.5 Å². The lowest BCUT2D eigenvalue weighted by atomic mass is 10.1. The zero-order valence-electron chi connectivity index (χ0n) is 9.75. The summed E-state index contributed by atoms with van der Waals surface area (Å²) in [6.45, 7) is 8.05. The van der Waals surface area contributed by atoms with Gasteiger partial charge < -0.3 is 15.4 Å². The molecule has 1 atom stereocenters. The number of nitrogens with zero attached hydrogens (tertiary/aromatic N) is 1. The summed E-state index contributed by atoms with van der Waals surface area (Å²) in [6.07, 6.45) is 1.07. The van der Waals surface area contributed by atoms with Gasteiger partial charge in [0.15, 0.2) is 0 Å². The van der Waals surface area contributed by atoms with Gasteiger partial charge in [-0.2, -0.15) is 0 Å². The molecule has 1 saturated heterocycles. The minimum absolute atomic E-state index is 0.0688. The molecule has 86 valence electrons. The topological polar surface area (TPSA) is 58.9 Å². The van der Waals surface area contributed by atoms with Crippen LogP contribution in [0.15, 0.2) is 11.3 Å². The van der Waals surface area contributed by atoms with E-state index in [0.717, 1.165) is 31.8 Å². The van der Waals surface area contributed by atoms with E-state index < -0.39 is 0 Å². The SMILES string of the molecule is CC.CC1=C(N)CCN(CC2CO2)C1=O. The zero-order valence-corrected chi connectivity index (χ0v) is 9.75. The average molecular weight is 212 g/mol. The number of epoxide rings is 1. The third kappa shape index (κ3) is 2.96. The van der Waals surface area contributed by atoms with Gasteiger partial charge in [-0.1, -0.05) is 13.8 Å². The van der Waals surface area contributed by atoms with Crippen LogP contribution in [-0.4, -0.2) is 36.6 Å². The van der Waals surface area contributed by atoms with Gasteiger partial charge in [0.05, 0.1) is 12.7 Å². The third-order valence-electron chi connectivity index (χ3n) is 2.57. The molecule has 4 nitrogen and oxygen atoms in total. The maximum Gasteiger partial charge on any atom is 0.251 e. The van der Waals surface area contributed by atoms with E-state index in [0.29, 0.717) is 5.57 Å². The molecule has 2 aliphatic heterocycles. The highest BCUT2D eigenvalue weighted by atomic mass is 16.6. The molecule has 1 amide bonds. The minimum atomic E-state index is 0.0688. The number of carbonyl (C=O) groups is 1. The van der Waals surface area contributed by atoms with Gasteiger partial charge in [0, 0.05) is 30.8 Å². The van der Waals surface area contributed by atoms with Crippen LogP contribution >= 0.6 is 0 Å². The fraction of sp³-hybridized carbons (Fsp3) is 0.727. The fourth-order valence-corrected chi connectivity index (χ4v) is 1.51. The van der Waals surface area contributed by atoms with Gasteiger partial charge in [-0.05, 0) is 6.92 Å². The average Bonchev–Trinajstić information content (AvgIpc) is 3.06. The minimum Gasteiger partial charge on any atom is -0.402 e. The van der Waals surface area contributed by atoms with Crippen LogP contribution < -0.4 is 5.73 Å². The normalized spacial score (nSPS) is 24.9. The second kappa shape index (κ2) is 5.16. The Morgan fingerprint density at radius 1 is 1.53 bits per heavy atom. The lowest BCUT2D eigenvalue weighted by molar-refractivity contribution is -0.128. The van der Waals surface area contributed by atoms with Gasteiger partial charge in [-0.3, -0.25) is 4.79 Å². The van der Waals surface area contributed by atoms with Crippen molar-refractivity contribution in [2.24, 2.45) is 5.73 Å². The molecule has 1 unspecified atom stereocenters. The fourth-order valence-electron chi connectivity index (χ4n) is 1.51. The molecule has 2 heterocycles. The van der Waals surface area contributed by atoms with Crippen LogP contribution in [0.1, 0.15) is 27.2 Å². The molecule has 0 spiro atoms. The van der Waals surface area contributed by atoms with Crippen molar-refractivity contribution in [2.75, 3.05) is 19.7 Å². The van der Waals surface area contributed by atoms with Crippen molar-refractivity contribution >= 4 is 5.91 Å². The van der Waals surface area contributed by atoms with Crippen LogP contribution in [0.3, 0.4) is 0 Å². The highest BCUT2D eigenvalue weighted by molar-refractivity contribution is 5.94. The smallest absolute Gasteiger partial charge is 0.251 e. The van der Waals surface area contributed by atoms with Crippen molar-refractivity contribution in [3.8, 4) is 0 Å². The lowest BCUT2D eigenvalue weighted by Gasteiger charge is -2.27. The number of hydrogen-bond donors (Lipinski definition) is 1. The molecular weight excluding hydrogens is 192 g/mol. The highest BCUT2D eigenvalue weighted by Crippen LogP contribution is 2.18. The Hall–Kier alpha value is -1.03. The van der Waals surface area contributed by atoms with Gasteiger partial charge in [0.25, 0.3) is 5.91 Å². The van der Waals surface area contributed by atoms with Gasteiger partial charge in [0.2, 0.25) is 0 Å². The largest absolute Gasteiger partial charge is 0.402 e. The summed E-state index contributed by atoms with van der Waals surface area (Å²) in [5.41, 5.74) is 7.11. The predicted octanol–water partition coefficient (Wildman–Crippen LogP) is 0.876. The Bertz CT molecular complexity index is 270. The monoisotopic (exact) mass is 212 g/mol. The first-order valence-corrected chi connectivity index (χ1v) is 5.54. The molecular formula is C11H20N2O2. The molecule has 0 aromatic heterocycles. The van der Waals surface area contributed by atoms with E-state index in [-0.39, 0.29) is 12.0 Å². The van der Waals surface area contributed by atoms with Gasteiger partial charge in [0.1, 0.15) is 0 Å². The first-order valence-electron chi connectivity index (χ1n) is 5.54. The summed E-state index contributed by atoms with van der Waals surface area (Å²) >= 11 is 0. The molecule has 0 radical (unpaired) electrons. The summed E-state index contributed by atoms with van der Waals surface area (Å²) in [5.74, 6) is 0.0688. The number of amides is 1. The van der Waals surface area contributed by atoms with Crippen LogP contribution in [0.25, 0.3) is 0 Å². The van der Waals surface area contributed by atoms with E-state index in [2.05, 4.69) is 0 Å². The van der Waals surface area contributed by atoms with Crippen LogP contribution in [0.5, 0.6) is 0 Å². The van der Waals surface area contributed by atoms with Gasteiger partial charge in [-0.15, -0.1) is 0 Å². The molecule has 0 aromatic rings. The molecule has 0 saturated carbocycles. The van der Waals surface area contributed by atoms with Crippen molar-refractivity contribution in [1.82, 2.24) is 4.90 Å². The highest BCUT2D eigenvalue weighted by Gasteiger charge is 2.30. The summed E-state index contributed by atoms with van der Waals surface area (Å²) < 4.78 is 5.08. The molecule has 2 rings (SSSR count). The van der Waals surface area contributed by atoms with E-state index >= 15 is 0 Å². The first kappa shape index (κ1) is 12.0. The summed E-state index contributed by atoms with van der Waals surface area (Å²) in [5, 5.41) is 0.